The van der Waals surface area contributed by atoms with Crippen LogP contribution in [0.1, 0.15) is 18.7 Å². The van der Waals surface area contributed by atoms with E-state index in [0.29, 0.717) is 5.82 Å². The maximum atomic E-state index is 11.9. The van der Waals surface area contributed by atoms with Crippen LogP contribution < -0.4 is 5.56 Å². The maximum Gasteiger partial charge on any atom is 0.293 e. The normalized spacial score (nSPS) is 14.7. The van der Waals surface area contributed by atoms with E-state index in [1.807, 2.05) is 0 Å². The van der Waals surface area contributed by atoms with Crippen LogP contribution in [0.3, 0.4) is 0 Å². The number of fused-ring (bicyclic) bond motifs is 1. The molecule has 1 aliphatic rings. The standard InChI is InChI=1S/C12H15N5O3/c1-16(10(18)7-20-8-2-3-8)6-9-14-15-11-12(19)13-4-5-17(9)11/h4-5,8H,2-3,6-7H2,1H3,(H,13,19). The van der Waals surface area contributed by atoms with Crippen LogP contribution in [0.5, 0.6) is 0 Å². The summed E-state index contributed by atoms with van der Waals surface area (Å²) in [6.45, 7) is 0.357. The van der Waals surface area contributed by atoms with Crippen LogP contribution >= 0.6 is 0 Å². The van der Waals surface area contributed by atoms with Crippen molar-refractivity contribution in [1.29, 1.82) is 0 Å². The minimum absolute atomic E-state index is 0.0818. The van der Waals surface area contributed by atoms with Crippen molar-refractivity contribution in [1.82, 2.24) is 24.5 Å². The monoisotopic (exact) mass is 277 g/mol. The van der Waals surface area contributed by atoms with Gasteiger partial charge in [-0.15, -0.1) is 10.2 Å². The molecule has 1 saturated carbocycles. The molecule has 0 unspecified atom stereocenters. The van der Waals surface area contributed by atoms with Gasteiger partial charge in [-0.1, -0.05) is 0 Å². The molecule has 0 bridgehead atoms. The van der Waals surface area contributed by atoms with Crippen molar-refractivity contribution < 1.29 is 9.53 Å². The SMILES string of the molecule is CN(Cc1nnc2c(=O)[nH]ccn12)C(=O)COC1CC1. The zero-order valence-corrected chi connectivity index (χ0v) is 11.1. The van der Waals surface area contributed by atoms with Crippen LogP contribution in [0.2, 0.25) is 0 Å². The van der Waals surface area contributed by atoms with Crippen LogP contribution in [0.4, 0.5) is 0 Å². The average molecular weight is 277 g/mol. The fourth-order valence-electron chi connectivity index (χ4n) is 1.83. The first kappa shape index (κ1) is 12.8. The highest BCUT2D eigenvalue weighted by Gasteiger charge is 2.24. The first-order chi connectivity index (χ1) is 9.65. The quantitative estimate of drug-likeness (QED) is 0.799. The number of ether oxygens (including phenoxy) is 1. The molecule has 3 rings (SSSR count). The number of H-pyrrole nitrogens is 1. The van der Waals surface area contributed by atoms with Crippen LogP contribution in [0, 0.1) is 0 Å². The van der Waals surface area contributed by atoms with Gasteiger partial charge >= 0.3 is 0 Å². The van der Waals surface area contributed by atoms with E-state index in [4.69, 9.17) is 4.74 Å². The molecular formula is C12H15N5O3. The van der Waals surface area contributed by atoms with E-state index in [-0.39, 0.29) is 36.4 Å². The summed E-state index contributed by atoms with van der Waals surface area (Å²) in [5, 5.41) is 7.76. The lowest BCUT2D eigenvalue weighted by Crippen LogP contribution is -2.31. The fraction of sp³-hybridized carbons (Fsp3) is 0.500. The number of amides is 1. The van der Waals surface area contributed by atoms with Gasteiger partial charge < -0.3 is 14.6 Å². The Morgan fingerprint density at radius 1 is 1.55 bits per heavy atom. The van der Waals surface area contributed by atoms with E-state index >= 15 is 0 Å². The summed E-state index contributed by atoms with van der Waals surface area (Å²) in [7, 11) is 1.67. The van der Waals surface area contributed by atoms with Crippen molar-refractivity contribution >= 4 is 11.6 Å². The Balaban J connectivity index is 1.70. The highest BCUT2D eigenvalue weighted by atomic mass is 16.5. The predicted octanol–water partition coefficient (Wildman–Crippen LogP) is -0.445. The van der Waals surface area contributed by atoms with Crippen LogP contribution in [0.15, 0.2) is 17.2 Å². The Morgan fingerprint density at radius 2 is 2.35 bits per heavy atom. The van der Waals surface area contributed by atoms with Crippen molar-refractivity contribution in [3.8, 4) is 0 Å². The van der Waals surface area contributed by atoms with Gasteiger partial charge in [-0.25, -0.2) is 0 Å². The number of carbonyl (C=O) groups is 1. The summed E-state index contributed by atoms with van der Waals surface area (Å²) in [5.41, 5.74) is -0.0881. The third kappa shape index (κ3) is 2.55. The largest absolute Gasteiger partial charge is 0.368 e. The summed E-state index contributed by atoms with van der Waals surface area (Å²) in [5.74, 6) is 0.423. The molecule has 1 fully saturated rings. The number of carbonyl (C=O) groups excluding carboxylic acids is 1. The number of nitrogens with zero attached hydrogens (tertiary/aromatic N) is 4. The predicted molar refractivity (Wildman–Crippen MR) is 69.1 cm³/mol. The van der Waals surface area contributed by atoms with Gasteiger partial charge in [-0.3, -0.25) is 14.0 Å². The first-order valence-electron chi connectivity index (χ1n) is 6.42. The van der Waals surface area contributed by atoms with E-state index < -0.39 is 0 Å². The van der Waals surface area contributed by atoms with E-state index in [0.717, 1.165) is 12.8 Å². The zero-order valence-electron chi connectivity index (χ0n) is 11.1. The number of aromatic amines is 1. The lowest BCUT2D eigenvalue weighted by atomic mass is 10.4. The molecule has 0 atom stereocenters. The Hall–Kier alpha value is -2.22. The third-order valence-electron chi connectivity index (χ3n) is 3.18. The molecular weight excluding hydrogens is 262 g/mol. The van der Waals surface area contributed by atoms with E-state index in [1.165, 1.54) is 11.1 Å². The Bertz CT molecular complexity index is 688. The molecule has 1 amide bonds. The number of nitrogens with one attached hydrogen (secondary N) is 1. The van der Waals surface area contributed by atoms with Crippen molar-refractivity contribution in [3.63, 3.8) is 0 Å². The van der Waals surface area contributed by atoms with Gasteiger partial charge in [0.2, 0.25) is 11.6 Å². The molecule has 1 aliphatic carbocycles. The Kier molecular flexibility index (Phi) is 3.23. The number of hydrogen-bond donors (Lipinski definition) is 1. The first-order valence-corrected chi connectivity index (χ1v) is 6.42. The second-order valence-electron chi connectivity index (χ2n) is 4.86. The molecule has 2 aromatic heterocycles. The second-order valence-corrected chi connectivity index (χ2v) is 4.86. The molecule has 0 radical (unpaired) electrons. The molecule has 0 aromatic carbocycles. The Morgan fingerprint density at radius 3 is 3.10 bits per heavy atom. The van der Waals surface area contributed by atoms with Gasteiger partial charge in [0, 0.05) is 19.4 Å². The molecule has 0 spiro atoms. The van der Waals surface area contributed by atoms with E-state index in [1.54, 1.807) is 17.6 Å². The number of likely N-dealkylation sites (N-methyl/N-ethyl adjacent to an activating group) is 1. The van der Waals surface area contributed by atoms with Crippen LogP contribution in [0.25, 0.3) is 5.65 Å². The van der Waals surface area contributed by atoms with Gasteiger partial charge in [-0.05, 0) is 12.8 Å². The molecule has 0 saturated heterocycles. The molecule has 8 nitrogen and oxygen atoms in total. The highest BCUT2D eigenvalue weighted by Crippen LogP contribution is 2.23. The smallest absolute Gasteiger partial charge is 0.293 e. The van der Waals surface area contributed by atoms with Crippen LogP contribution in [-0.4, -0.2) is 50.1 Å². The molecule has 8 heteroatoms. The summed E-state index contributed by atoms with van der Waals surface area (Å²) < 4.78 is 6.95. The number of rotatable bonds is 5. The molecule has 106 valence electrons. The third-order valence-corrected chi connectivity index (χ3v) is 3.18. The van der Waals surface area contributed by atoms with Crippen LogP contribution in [-0.2, 0) is 16.1 Å². The summed E-state index contributed by atoms with van der Waals surface area (Å²) in [6.07, 6.45) is 5.49. The van der Waals surface area contributed by atoms with Crippen molar-refractivity contribution in [2.24, 2.45) is 0 Å². The zero-order chi connectivity index (χ0) is 14.1. The lowest BCUT2D eigenvalue weighted by Gasteiger charge is -2.15. The van der Waals surface area contributed by atoms with Crippen molar-refractivity contribution in [2.75, 3.05) is 13.7 Å². The fourth-order valence-corrected chi connectivity index (χ4v) is 1.83. The summed E-state index contributed by atoms with van der Waals surface area (Å²) >= 11 is 0. The number of hydrogen-bond acceptors (Lipinski definition) is 5. The van der Waals surface area contributed by atoms with Crippen molar-refractivity contribution in [3.05, 3.63) is 28.6 Å². The van der Waals surface area contributed by atoms with E-state index in [9.17, 15) is 9.59 Å². The average Bonchev–Trinajstić information content (AvgIpc) is 3.18. The Labute approximate surface area is 114 Å². The summed E-state index contributed by atoms with van der Waals surface area (Å²) in [6, 6.07) is 0. The lowest BCUT2D eigenvalue weighted by molar-refractivity contribution is -0.135. The summed E-state index contributed by atoms with van der Waals surface area (Å²) in [4.78, 5) is 27.4. The van der Waals surface area contributed by atoms with Gasteiger partial charge in [-0.2, -0.15) is 0 Å². The minimum atomic E-state index is -0.308. The van der Waals surface area contributed by atoms with Crippen molar-refractivity contribution in [2.45, 2.75) is 25.5 Å². The topological polar surface area (TPSA) is 92.6 Å². The molecule has 2 heterocycles. The van der Waals surface area contributed by atoms with Gasteiger partial charge in [0.1, 0.15) is 6.61 Å². The second kappa shape index (κ2) is 5.04. The minimum Gasteiger partial charge on any atom is -0.368 e. The highest BCUT2D eigenvalue weighted by molar-refractivity contribution is 5.77. The van der Waals surface area contributed by atoms with E-state index in [2.05, 4.69) is 15.2 Å². The van der Waals surface area contributed by atoms with Gasteiger partial charge in [0.05, 0.1) is 12.6 Å². The molecule has 1 N–H and O–H groups in total. The number of aromatic nitrogens is 4. The molecule has 2 aromatic rings. The van der Waals surface area contributed by atoms with Gasteiger partial charge in [0.25, 0.3) is 5.56 Å². The maximum absolute atomic E-state index is 11.9. The molecule has 20 heavy (non-hydrogen) atoms. The molecule has 0 aliphatic heterocycles. The van der Waals surface area contributed by atoms with Gasteiger partial charge in [0.15, 0.2) is 5.82 Å².